The lowest BCUT2D eigenvalue weighted by atomic mass is 10.2. The summed E-state index contributed by atoms with van der Waals surface area (Å²) in [5.41, 5.74) is 0.717. The highest BCUT2D eigenvalue weighted by molar-refractivity contribution is 8.17. The maximum absolute atomic E-state index is 10.9. The highest BCUT2D eigenvalue weighted by atomic mass is 35.5. The molecule has 0 N–H and O–H groups in total. The molecule has 0 aliphatic carbocycles. The first-order valence-corrected chi connectivity index (χ1v) is 5.20. The van der Waals surface area contributed by atoms with Crippen LogP contribution in [-0.2, 0) is 4.99 Å². The van der Waals surface area contributed by atoms with Crippen molar-refractivity contribution in [1.82, 2.24) is 0 Å². The van der Waals surface area contributed by atoms with Gasteiger partial charge in [0.2, 0.25) is 0 Å². The fraction of sp³-hybridized carbons (Fsp3) is 0.125. The monoisotopic (exact) mass is 240 g/mol. The molecule has 0 spiro atoms. The standard InChI is InChI=1S/C8H5ClN4OS/c9-7(14)15-8(10-12-13-11-8)6-4-2-1-3-5-6/h1-5H. The summed E-state index contributed by atoms with van der Waals surface area (Å²) in [5.74, 6) is 0. The molecular weight excluding hydrogens is 236 g/mol. The Bertz CT molecular complexity index is 422. The smallest absolute Gasteiger partial charge is 0.268 e. The molecule has 0 saturated heterocycles. The van der Waals surface area contributed by atoms with Gasteiger partial charge in [-0.3, -0.25) is 4.79 Å². The molecule has 0 atom stereocenters. The number of hydrogen-bond acceptors (Lipinski definition) is 6. The van der Waals surface area contributed by atoms with Gasteiger partial charge in [0.15, 0.2) is 0 Å². The van der Waals surface area contributed by atoms with E-state index in [4.69, 9.17) is 11.6 Å². The molecule has 5 nitrogen and oxygen atoms in total. The van der Waals surface area contributed by atoms with Crippen LogP contribution in [0, 0.1) is 0 Å². The zero-order chi connectivity index (χ0) is 10.7. The summed E-state index contributed by atoms with van der Waals surface area (Å²) in [6.07, 6.45) is 0. The Labute approximate surface area is 94.6 Å². The van der Waals surface area contributed by atoms with Crippen LogP contribution in [-0.4, -0.2) is 4.57 Å². The third kappa shape index (κ3) is 2.05. The molecule has 15 heavy (non-hydrogen) atoms. The van der Waals surface area contributed by atoms with Gasteiger partial charge in [-0.2, -0.15) is 0 Å². The van der Waals surface area contributed by atoms with Gasteiger partial charge >= 0.3 is 0 Å². The molecule has 1 aliphatic rings. The summed E-state index contributed by atoms with van der Waals surface area (Å²) in [5, 5.41) is 14.5. The number of carbonyl (C=O) groups excluding carboxylic acids is 1. The quantitative estimate of drug-likeness (QED) is 0.740. The number of halogens is 1. The molecule has 0 saturated carbocycles. The Hall–Kier alpha value is -1.27. The molecule has 0 bridgehead atoms. The number of thioether (sulfide) groups is 1. The van der Waals surface area contributed by atoms with E-state index in [1.54, 1.807) is 12.1 Å². The largest absolute Gasteiger partial charge is 0.284 e. The van der Waals surface area contributed by atoms with Crippen LogP contribution >= 0.6 is 23.4 Å². The highest BCUT2D eigenvalue weighted by Crippen LogP contribution is 2.43. The maximum atomic E-state index is 10.9. The van der Waals surface area contributed by atoms with E-state index in [9.17, 15) is 4.79 Å². The van der Waals surface area contributed by atoms with Gasteiger partial charge in [0, 0.05) is 5.56 Å². The summed E-state index contributed by atoms with van der Waals surface area (Å²) < 4.78 is -0.598. The van der Waals surface area contributed by atoms with Crippen LogP contribution < -0.4 is 0 Å². The summed E-state index contributed by atoms with van der Waals surface area (Å²) in [4.78, 5) is 9.76. The van der Waals surface area contributed by atoms with Crippen LogP contribution in [0.5, 0.6) is 0 Å². The van der Waals surface area contributed by atoms with Crippen LogP contribution in [0.1, 0.15) is 5.56 Å². The number of nitrogens with zero attached hydrogens (tertiary/aromatic N) is 4. The first-order chi connectivity index (χ1) is 7.23. The van der Waals surface area contributed by atoms with Gasteiger partial charge in [0.05, 0.1) is 0 Å². The van der Waals surface area contributed by atoms with E-state index >= 15 is 0 Å². The van der Waals surface area contributed by atoms with Crippen molar-refractivity contribution in [2.75, 3.05) is 0 Å². The third-order valence-corrected chi connectivity index (χ3v) is 2.85. The van der Waals surface area contributed by atoms with Crippen molar-refractivity contribution in [2.24, 2.45) is 20.7 Å². The summed E-state index contributed by atoms with van der Waals surface area (Å²) in [6.45, 7) is 0. The van der Waals surface area contributed by atoms with Crippen LogP contribution in [0.4, 0.5) is 4.79 Å². The minimum Gasteiger partial charge on any atom is -0.268 e. The van der Waals surface area contributed by atoms with Gasteiger partial charge < -0.3 is 0 Å². The summed E-state index contributed by atoms with van der Waals surface area (Å²) in [6, 6.07) is 9.07. The van der Waals surface area contributed by atoms with Gasteiger partial charge in [-0.05, 0) is 33.8 Å². The Morgan fingerprint density at radius 1 is 1.20 bits per heavy atom. The van der Waals surface area contributed by atoms with Gasteiger partial charge in [0.25, 0.3) is 9.57 Å². The van der Waals surface area contributed by atoms with Crippen molar-refractivity contribution in [3.8, 4) is 0 Å². The average Bonchev–Trinajstić information content (AvgIpc) is 2.68. The zero-order valence-corrected chi connectivity index (χ0v) is 8.94. The van der Waals surface area contributed by atoms with Crippen LogP contribution in [0.25, 0.3) is 0 Å². The zero-order valence-electron chi connectivity index (χ0n) is 7.37. The topological polar surface area (TPSA) is 66.5 Å². The SMILES string of the molecule is O=C(Cl)SC1(c2ccccc2)N=NN=N1. The molecule has 0 aromatic heterocycles. The predicted octanol–water partition coefficient (Wildman–Crippen LogP) is 3.72. The fourth-order valence-electron chi connectivity index (χ4n) is 1.16. The number of carbonyl (C=O) groups is 1. The van der Waals surface area contributed by atoms with E-state index in [2.05, 4.69) is 20.7 Å². The molecule has 1 heterocycles. The van der Waals surface area contributed by atoms with Crippen molar-refractivity contribution in [2.45, 2.75) is 4.99 Å². The molecule has 0 fully saturated rings. The van der Waals surface area contributed by atoms with E-state index in [1.807, 2.05) is 18.2 Å². The van der Waals surface area contributed by atoms with Crippen molar-refractivity contribution < 1.29 is 4.79 Å². The van der Waals surface area contributed by atoms with Crippen molar-refractivity contribution in [3.05, 3.63) is 35.9 Å². The molecule has 1 aromatic carbocycles. The molecule has 76 valence electrons. The van der Waals surface area contributed by atoms with Crippen molar-refractivity contribution in [1.29, 1.82) is 0 Å². The minimum absolute atomic E-state index is 0.598. The third-order valence-electron chi connectivity index (χ3n) is 1.77. The molecule has 0 unspecified atom stereocenters. The Balaban J connectivity index is 2.40. The molecule has 7 heteroatoms. The molecule has 0 amide bonds. The second kappa shape index (κ2) is 4.08. The van der Waals surface area contributed by atoms with Crippen molar-refractivity contribution >= 4 is 27.9 Å². The molecule has 1 aromatic rings. The second-order valence-electron chi connectivity index (χ2n) is 2.69. The number of rotatable bonds is 2. The summed E-state index contributed by atoms with van der Waals surface area (Å²) in [7, 11) is 0. The maximum Gasteiger partial charge on any atom is 0.284 e. The fourth-order valence-corrected chi connectivity index (χ4v) is 2.12. The first kappa shape index (κ1) is 10.3. The van der Waals surface area contributed by atoms with Gasteiger partial charge in [-0.15, -0.1) is 10.2 Å². The van der Waals surface area contributed by atoms with E-state index in [-0.39, 0.29) is 0 Å². The molecule has 0 radical (unpaired) electrons. The Kier molecular flexibility index (Phi) is 2.79. The Morgan fingerprint density at radius 3 is 2.33 bits per heavy atom. The first-order valence-electron chi connectivity index (χ1n) is 4.01. The van der Waals surface area contributed by atoms with E-state index in [0.717, 1.165) is 11.8 Å². The Morgan fingerprint density at radius 2 is 1.80 bits per heavy atom. The van der Waals surface area contributed by atoms with Crippen LogP contribution in [0.3, 0.4) is 0 Å². The average molecular weight is 241 g/mol. The van der Waals surface area contributed by atoms with E-state index in [1.165, 1.54) is 0 Å². The predicted molar refractivity (Wildman–Crippen MR) is 56.7 cm³/mol. The second-order valence-corrected chi connectivity index (χ2v) is 4.40. The van der Waals surface area contributed by atoms with E-state index in [0.29, 0.717) is 5.56 Å². The lowest BCUT2D eigenvalue weighted by Gasteiger charge is -2.16. The summed E-state index contributed by atoms with van der Waals surface area (Å²) >= 11 is 6.09. The van der Waals surface area contributed by atoms with Crippen LogP contribution in [0.2, 0.25) is 0 Å². The highest BCUT2D eigenvalue weighted by Gasteiger charge is 2.38. The lowest BCUT2D eigenvalue weighted by Crippen LogP contribution is -2.14. The van der Waals surface area contributed by atoms with Gasteiger partial charge in [-0.1, -0.05) is 30.3 Å². The number of hydrogen-bond donors (Lipinski definition) is 0. The van der Waals surface area contributed by atoms with Crippen molar-refractivity contribution in [3.63, 3.8) is 0 Å². The van der Waals surface area contributed by atoms with E-state index < -0.39 is 9.57 Å². The minimum atomic E-state index is -1.14. The van der Waals surface area contributed by atoms with Gasteiger partial charge in [0.1, 0.15) is 0 Å². The van der Waals surface area contributed by atoms with Gasteiger partial charge in [-0.25, -0.2) is 0 Å². The molecule has 2 rings (SSSR count). The van der Waals surface area contributed by atoms with Crippen LogP contribution in [0.15, 0.2) is 51.0 Å². The molecular formula is C8H5ClN4OS. The normalized spacial score (nSPS) is 16.9. The number of benzene rings is 1. The molecule has 1 aliphatic heterocycles. The lowest BCUT2D eigenvalue weighted by molar-refractivity contribution is 0.275.